The maximum Gasteiger partial charge on any atom is 0.416 e. The summed E-state index contributed by atoms with van der Waals surface area (Å²) in [5, 5.41) is 22.9. The van der Waals surface area contributed by atoms with Crippen LogP contribution in [0, 0.1) is 13.8 Å². The molecule has 0 radical (unpaired) electrons. The number of aromatic nitrogens is 12. The van der Waals surface area contributed by atoms with Crippen molar-refractivity contribution in [3.05, 3.63) is 128 Å². The van der Waals surface area contributed by atoms with E-state index in [0.717, 1.165) is 24.3 Å². The Bertz CT molecular complexity index is 2570. The number of H-pyrrole nitrogens is 4. The molecule has 0 bridgehead atoms. The van der Waals surface area contributed by atoms with Crippen molar-refractivity contribution < 1.29 is 26.3 Å². The molecule has 6 aromatic heterocycles. The van der Waals surface area contributed by atoms with E-state index in [9.17, 15) is 35.9 Å². The number of nitrogens with one attached hydrogen (secondary N) is 4. The van der Waals surface area contributed by atoms with Crippen LogP contribution in [0.1, 0.15) is 59.8 Å². The molecule has 8 rings (SSSR count). The fourth-order valence-corrected chi connectivity index (χ4v) is 6.19. The second-order valence-corrected chi connectivity index (χ2v) is 12.8. The predicted octanol–water partition coefficient (Wildman–Crippen LogP) is 6.89. The first-order valence-corrected chi connectivity index (χ1v) is 16.8. The van der Waals surface area contributed by atoms with E-state index in [1.165, 1.54) is 46.0 Å². The molecular formula is C36H30F6N12O2. The Hall–Kier alpha value is -6.86. The van der Waals surface area contributed by atoms with Crippen molar-refractivity contribution in [1.29, 1.82) is 0 Å². The lowest BCUT2D eigenvalue weighted by molar-refractivity contribution is -0.138. The van der Waals surface area contributed by atoms with Crippen LogP contribution < -0.4 is 11.1 Å². The van der Waals surface area contributed by atoms with Crippen LogP contribution >= 0.6 is 0 Å². The van der Waals surface area contributed by atoms with Crippen LogP contribution in [0.25, 0.3) is 44.8 Å². The molecular weight excluding hydrogens is 746 g/mol. The molecule has 0 fully saturated rings. The zero-order valence-corrected chi connectivity index (χ0v) is 29.7. The first-order valence-electron chi connectivity index (χ1n) is 16.8. The summed E-state index contributed by atoms with van der Waals surface area (Å²) in [6, 6.07) is 12.2. The smallest absolute Gasteiger partial charge is 0.310 e. The van der Waals surface area contributed by atoms with Crippen molar-refractivity contribution in [1.82, 2.24) is 59.9 Å². The van der Waals surface area contributed by atoms with Gasteiger partial charge in [-0.1, -0.05) is 24.3 Å². The first kappa shape index (κ1) is 37.5. The van der Waals surface area contributed by atoms with Gasteiger partial charge in [-0.3, -0.25) is 19.8 Å². The lowest BCUT2D eigenvalue weighted by Gasteiger charge is -2.15. The van der Waals surface area contributed by atoms with E-state index >= 15 is 0 Å². The molecule has 0 saturated carbocycles. The van der Waals surface area contributed by atoms with Crippen molar-refractivity contribution in [3.8, 4) is 22.8 Å². The molecule has 0 aliphatic rings. The molecule has 288 valence electrons. The van der Waals surface area contributed by atoms with Gasteiger partial charge in [0.15, 0.2) is 11.3 Å². The summed E-state index contributed by atoms with van der Waals surface area (Å²) in [5.74, 6) is 0.823. The number of nitrogens with zero attached hydrogens (tertiary/aromatic N) is 8. The largest absolute Gasteiger partial charge is 0.416 e. The van der Waals surface area contributed by atoms with E-state index in [0.29, 0.717) is 56.8 Å². The standard InChI is InChI=1S/2C18H15F3N6O/c2*1-9(11-3-5-12(6-4-11)18(19,20)21)27-16-14(17(28)24-10(2)23-16)15(26-27)13-7-8-22-25-13/h2*3-9H,1-2H3,(H,22,25)(H,23,24,28)/t2*9-/m10/s1. The summed E-state index contributed by atoms with van der Waals surface area (Å²) >= 11 is 0. The average Bonchev–Trinajstić information content (AvgIpc) is 3.97. The fraction of sp³-hybridized carbons (Fsp3) is 0.222. The molecule has 0 spiro atoms. The minimum absolute atomic E-state index is 0.286. The van der Waals surface area contributed by atoms with Gasteiger partial charge in [-0.15, -0.1) is 0 Å². The number of aromatic amines is 4. The molecule has 4 N–H and O–H groups in total. The van der Waals surface area contributed by atoms with Crippen LogP contribution in [0.5, 0.6) is 0 Å². The van der Waals surface area contributed by atoms with Gasteiger partial charge in [0.1, 0.15) is 33.8 Å². The highest BCUT2D eigenvalue weighted by Gasteiger charge is 2.32. The molecule has 0 aliphatic carbocycles. The number of rotatable bonds is 6. The zero-order chi connectivity index (χ0) is 40.1. The van der Waals surface area contributed by atoms with E-state index in [2.05, 4.69) is 50.5 Å². The molecule has 2 aromatic carbocycles. The van der Waals surface area contributed by atoms with Crippen LogP contribution in [-0.4, -0.2) is 59.9 Å². The van der Waals surface area contributed by atoms with Crippen molar-refractivity contribution in [2.75, 3.05) is 0 Å². The van der Waals surface area contributed by atoms with Gasteiger partial charge in [-0.05, 0) is 75.2 Å². The van der Waals surface area contributed by atoms with E-state index in [1.807, 2.05) is 0 Å². The van der Waals surface area contributed by atoms with E-state index in [4.69, 9.17) is 0 Å². The van der Waals surface area contributed by atoms with Crippen LogP contribution in [0.15, 0.2) is 82.6 Å². The lowest BCUT2D eigenvalue weighted by atomic mass is 10.1. The summed E-state index contributed by atoms with van der Waals surface area (Å²) < 4.78 is 80.0. The molecule has 0 unspecified atom stereocenters. The molecule has 0 aliphatic heterocycles. The number of halogens is 6. The van der Waals surface area contributed by atoms with Gasteiger partial charge in [0.25, 0.3) is 11.1 Å². The Morgan fingerprint density at radius 1 is 0.571 bits per heavy atom. The third-order valence-corrected chi connectivity index (χ3v) is 9.05. The number of aryl methyl sites for hydroxylation is 2. The summed E-state index contributed by atoms with van der Waals surface area (Å²) in [7, 11) is 0. The Labute approximate surface area is 310 Å². The van der Waals surface area contributed by atoms with Gasteiger partial charge in [0.05, 0.1) is 34.6 Å². The summed E-state index contributed by atoms with van der Waals surface area (Å²) in [4.78, 5) is 39.2. The minimum atomic E-state index is -4.40. The predicted molar refractivity (Wildman–Crippen MR) is 191 cm³/mol. The second kappa shape index (κ2) is 14.1. The van der Waals surface area contributed by atoms with Gasteiger partial charge in [-0.2, -0.15) is 46.7 Å². The fourth-order valence-electron chi connectivity index (χ4n) is 6.19. The number of fused-ring (bicyclic) bond motifs is 2. The molecule has 56 heavy (non-hydrogen) atoms. The van der Waals surface area contributed by atoms with Gasteiger partial charge in [-0.25, -0.2) is 19.3 Å². The minimum Gasteiger partial charge on any atom is -0.310 e. The third-order valence-electron chi connectivity index (χ3n) is 9.05. The SMILES string of the molecule is Cc1nc2c(c(-c3ccn[nH]3)nn2[C@@H](C)c2ccc(C(F)(F)F)cc2)c(=O)[nH]1.Cc1nc2c(c(-c3ccn[nH]3)nn2[C@H](C)c2ccc(C(F)(F)F)cc2)c(=O)[nH]1. The Kier molecular flexibility index (Phi) is 9.42. The highest BCUT2D eigenvalue weighted by Crippen LogP contribution is 2.34. The monoisotopic (exact) mass is 776 g/mol. The molecule has 20 heteroatoms. The number of alkyl halides is 6. The van der Waals surface area contributed by atoms with Crippen LogP contribution in [0.3, 0.4) is 0 Å². The molecule has 8 aromatic rings. The van der Waals surface area contributed by atoms with Crippen molar-refractivity contribution in [3.63, 3.8) is 0 Å². The second-order valence-electron chi connectivity index (χ2n) is 12.8. The molecule has 0 saturated heterocycles. The zero-order valence-electron chi connectivity index (χ0n) is 29.7. The normalized spacial score (nSPS) is 13.2. The lowest BCUT2D eigenvalue weighted by Crippen LogP contribution is -2.13. The maximum absolute atomic E-state index is 12.8. The molecule has 14 nitrogen and oxygen atoms in total. The highest BCUT2D eigenvalue weighted by molar-refractivity contribution is 5.90. The first-order chi connectivity index (χ1) is 26.5. The number of benzene rings is 2. The molecule has 2 atom stereocenters. The Morgan fingerprint density at radius 2 is 0.929 bits per heavy atom. The van der Waals surface area contributed by atoms with E-state index in [-0.39, 0.29) is 21.9 Å². The van der Waals surface area contributed by atoms with E-state index < -0.39 is 35.6 Å². The number of hydrogen-bond donors (Lipinski definition) is 4. The summed E-state index contributed by atoms with van der Waals surface area (Å²) in [6.07, 6.45) is -5.73. The molecule has 6 heterocycles. The summed E-state index contributed by atoms with van der Waals surface area (Å²) in [5.41, 5.74) is 1.59. The summed E-state index contributed by atoms with van der Waals surface area (Å²) in [6.45, 7) is 6.86. The van der Waals surface area contributed by atoms with E-state index in [1.54, 1.807) is 39.8 Å². The average molecular weight is 777 g/mol. The van der Waals surface area contributed by atoms with Gasteiger partial charge in [0.2, 0.25) is 0 Å². The van der Waals surface area contributed by atoms with Crippen molar-refractivity contribution in [2.45, 2.75) is 52.1 Å². The topological polar surface area (TPSA) is 184 Å². The van der Waals surface area contributed by atoms with Gasteiger partial charge in [0, 0.05) is 12.4 Å². The van der Waals surface area contributed by atoms with Crippen molar-refractivity contribution in [2.24, 2.45) is 0 Å². The number of hydrogen-bond acceptors (Lipinski definition) is 8. The van der Waals surface area contributed by atoms with Crippen LogP contribution in [0.4, 0.5) is 26.3 Å². The van der Waals surface area contributed by atoms with Crippen molar-refractivity contribution >= 4 is 22.1 Å². The Balaban J connectivity index is 0.000000172. The quantitative estimate of drug-likeness (QED) is 0.132. The van der Waals surface area contributed by atoms with Crippen LogP contribution in [0.2, 0.25) is 0 Å². The molecule has 0 amide bonds. The highest BCUT2D eigenvalue weighted by atomic mass is 19.4. The maximum atomic E-state index is 12.8. The van der Waals surface area contributed by atoms with Gasteiger partial charge < -0.3 is 9.97 Å². The van der Waals surface area contributed by atoms with Crippen LogP contribution in [-0.2, 0) is 12.4 Å². The Morgan fingerprint density at radius 3 is 1.23 bits per heavy atom. The van der Waals surface area contributed by atoms with Gasteiger partial charge >= 0.3 is 12.4 Å². The third kappa shape index (κ3) is 7.07.